The molecule has 3 rings (SSSR count). The Kier molecular flexibility index (Phi) is 5.46. The van der Waals surface area contributed by atoms with Gasteiger partial charge in [-0.15, -0.1) is 0 Å². The topological polar surface area (TPSA) is 68.4 Å². The first-order chi connectivity index (χ1) is 13.0. The third-order valence-corrected chi connectivity index (χ3v) is 4.48. The summed E-state index contributed by atoms with van der Waals surface area (Å²) in [7, 11) is 1.49. The highest BCUT2D eigenvalue weighted by atomic mass is 35.5. The maximum Gasteiger partial charge on any atom is 0.343 e. The average molecular weight is 390 g/mol. The van der Waals surface area contributed by atoms with Gasteiger partial charge in [0.25, 0.3) is 0 Å². The van der Waals surface area contributed by atoms with Gasteiger partial charge in [-0.25, -0.2) is 9.18 Å². The van der Waals surface area contributed by atoms with Gasteiger partial charge in [-0.2, -0.15) is 0 Å². The van der Waals surface area contributed by atoms with Crippen LogP contribution in [0.2, 0.25) is 5.02 Å². The summed E-state index contributed by atoms with van der Waals surface area (Å²) in [4.78, 5) is 27.6. The molecule has 0 fully saturated rings. The van der Waals surface area contributed by atoms with Crippen LogP contribution in [0.4, 0.5) is 4.39 Å². The number of aromatic amines is 1. The fourth-order valence-electron chi connectivity index (χ4n) is 2.87. The number of carbonyl (C=O) groups excluding carboxylic acids is 1. The first kappa shape index (κ1) is 18.9. The minimum absolute atomic E-state index is 0.0229. The van der Waals surface area contributed by atoms with Gasteiger partial charge in [-0.05, 0) is 30.2 Å². The minimum Gasteiger partial charge on any atom is -0.496 e. The van der Waals surface area contributed by atoms with Crippen molar-refractivity contribution in [2.45, 2.75) is 13.3 Å². The van der Waals surface area contributed by atoms with E-state index in [1.165, 1.54) is 19.4 Å². The van der Waals surface area contributed by atoms with Crippen molar-refractivity contribution in [3.63, 3.8) is 0 Å². The molecule has 7 heteroatoms. The summed E-state index contributed by atoms with van der Waals surface area (Å²) in [6.07, 6.45) is 1.49. The van der Waals surface area contributed by atoms with Gasteiger partial charge in [0.15, 0.2) is 0 Å². The largest absolute Gasteiger partial charge is 0.496 e. The Morgan fingerprint density at radius 1 is 1.26 bits per heavy atom. The molecular formula is C20H17ClFNO4. The molecular weight excluding hydrogens is 373 g/mol. The molecule has 0 amide bonds. The Morgan fingerprint density at radius 2 is 2.04 bits per heavy atom. The molecule has 0 atom stereocenters. The summed E-state index contributed by atoms with van der Waals surface area (Å²) < 4.78 is 24.6. The van der Waals surface area contributed by atoms with Crippen molar-refractivity contribution in [2.75, 3.05) is 13.7 Å². The van der Waals surface area contributed by atoms with Gasteiger partial charge in [0.1, 0.15) is 17.1 Å². The van der Waals surface area contributed by atoms with E-state index >= 15 is 0 Å². The van der Waals surface area contributed by atoms with E-state index in [4.69, 9.17) is 21.1 Å². The number of rotatable bonds is 5. The molecule has 2 aromatic carbocycles. The SMILES string of the molecule is CCOC(=O)c1c[nH]c2cc(OC)c(Cc3cccc(Cl)c3F)cc2c1=O. The smallest absolute Gasteiger partial charge is 0.343 e. The number of hydrogen-bond acceptors (Lipinski definition) is 4. The number of esters is 1. The molecule has 1 heterocycles. The number of nitrogens with one attached hydrogen (secondary N) is 1. The third-order valence-electron chi connectivity index (χ3n) is 4.19. The van der Waals surface area contributed by atoms with Crippen LogP contribution in [0.1, 0.15) is 28.4 Å². The lowest BCUT2D eigenvalue weighted by Gasteiger charge is -2.12. The molecule has 1 aromatic heterocycles. The van der Waals surface area contributed by atoms with Crippen molar-refractivity contribution in [1.29, 1.82) is 0 Å². The number of fused-ring (bicyclic) bond motifs is 1. The molecule has 140 valence electrons. The molecule has 0 saturated heterocycles. The fourth-order valence-corrected chi connectivity index (χ4v) is 3.07. The molecule has 0 aliphatic carbocycles. The quantitative estimate of drug-likeness (QED) is 0.667. The highest BCUT2D eigenvalue weighted by molar-refractivity contribution is 6.30. The van der Waals surface area contributed by atoms with Gasteiger partial charge >= 0.3 is 5.97 Å². The zero-order valence-corrected chi connectivity index (χ0v) is 15.5. The molecule has 0 unspecified atom stereocenters. The van der Waals surface area contributed by atoms with Crippen molar-refractivity contribution in [3.05, 3.63) is 74.3 Å². The van der Waals surface area contributed by atoms with Crippen molar-refractivity contribution >= 4 is 28.5 Å². The summed E-state index contributed by atoms with van der Waals surface area (Å²) in [6.45, 7) is 1.83. The second-order valence-corrected chi connectivity index (χ2v) is 6.26. The molecule has 5 nitrogen and oxygen atoms in total. The normalized spacial score (nSPS) is 10.8. The Hall–Kier alpha value is -2.86. The van der Waals surface area contributed by atoms with E-state index in [2.05, 4.69) is 4.98 Å². The number of pyridine rings is 1. The lowest BCUT2D eigenvalue weighted by Crippen LogP contribution is -2.18. The lowest BCUT2D eigenvalue weighted by atomic mass is 10.0. The van der Waals surface area contributed by atoms with Crippen molar-refractivity contribution in [1.82, 2.24) is 4.98 Å². The molecule has 0 aliphatic heterocycles. The van der Waals surface area contributed by atoms with Crippen molar-refractivity contribution in [3.8, 4) is 5.75 Å². The lowest BCUT2D eigenvalue weighted by molar-refractivity contribution is 0.0524. The molecule has 0 saturated carbocycles. The van der Waals surface area contributed by atoms with Crippen LogP contribution in [0, 0.1) is 5.82 Å². The maximum atomic E-state index is 14.3. The molecule has 27 heavy (non-hydrogen) atoms. The van der Waals surface area contributed by atoms with Crippen LogP contribution in [-0.2, 0) is 11.2 Å². The van der Waals surface area contributed by atoms with Gasteiger partial charge in [0.2, 0.25) is 5.43 Å². The van der Waals surface area contributed by atoms with E-state index in [-0.39, 0.29) is 23.6 Å². The second kappa shape index (κ2) is 7.80. The number of methoxy groups -OCH3 is 1. The summed E-state index contributed by atoms with van der Waals surface area (Å²) in [6, 6.07) is 7.97. The van der Waals surface area contributed by atoms with Gasteiger partial charge in [0, 0.05) is 24.1 Å². The Labute approximate surface area is 159 Å². The van der Waals surface area contributed by atoms with E-state index in [0.717, 1.165) is 0 Å². The number of hydrogen-bond donors (Lipinski definition) is 1. The second-order valence-electron chi connectivity index (χ2n) is 5.85. The van der Waals surface area contributed by atoms with Gasteiger partial charge in [-0.3, -0.25) is 4.79 Å². The minimum atomic E-state index is -0.695. The van der Waals surface area contributed by atoms with Crippen LogP contribution in [-0.4, -0.2) is 24.7 Å². The van der Waals surface area contributed by atoms with Gasteiger partial charge in [0.05, 0.1) is 24.3 Å². The summed E-state index contributed by atoms with van der Waals surface area (Å²) in [5.74, 6) is -0.726. The Bertz CT molecular complexity index is 1080. The number of ether oxygens (including phenoxy) is 2. The number of aromatic nitrogens is 1. The zero-order valence-electron chi connectivity index (χ0n) is 14.8. The Morgan fingerprint density at radius 3 is 2.74 bits per heavy atom. The highest BCUT2D eigenvalue weighted by Crippen LogP contribution is 2.28. The monoisotopic (exact) mass is 389 g/mol. The van der Waals surface area contributed by atoms with Gasteiger partial charge in [-0.1, -0.05) is 23.7 Å². The van der Waals surface area contributed by atoms with Crippen molar-refractivity contribution in [2.24, 2.45) is 0 Å². The molecule has 0 aliphatic rings. The van der Waals surface area contributed by atoms with Crippen molar-refractivity contribution < 1.29 is 18.7 Å². The number of benzene rings is 2. The fraction of sp³-hybridized carbons (Fsp3) is 0.200. The van der Waals surface area contributed by atoms with Crippen LogP contribution >= 0.6 is 11.6 Å². The molecule has 3 aromatic rings. The number of H-pyrrole nitrogens is 1. The van der Waals surface area contributed by atoms with E-state index < -0.39 is 17.2 Å². The van der Waals surface area contributed by atoms with Crippen LogP contribution in [0.25, 0.3) is 10.9 Å². The van der Waals surface area contributed by atoms with Crippen LogP contribution in [0.3, 0.4) is 0 Å². The molecule has 0 bridgehead atoms. The van der Waals surface area contributed by atoms with Crippen LogP contribution in [0.5, 0.6) is 5.75 Å². The average Bonchev–Trinajstić information content (AvgIpc) is 2.65. The van der Waals surface area contributed by atoms with E-state index in [9.17, 15) is 14.0 Å². The number of halogens is 2. The van der Waals surface area contributed by atoms with E-state index in [1.807, 2.05) is 0 Å². The predicted octanol–water partition coefficient (Wildman–Crippen LogP) is 4.10. The molecule has 1 N–H and O–H groups in total. The number of carbonyl (C=O) groups is 1. The summed E-state index contributed by atoms with van der Waals surface area (Å²) >= 11 is 5.85. The first-order valence-corrected chi connectivity index (χ1v) is 8.66. The Balaban J connectivity index is 2.14. The predicted molar refractivity (Wildman–Crippen MR) is 101 cm³/mol. The third kappa shape index (κ3) is 3.66. The first-order valence-electron chi connectivity index (χ1n) is 8.28. The summed E-state index contributed by atoms with van der Waals surface area (Å²) in [5, 5.41) is 0.313. The van der Waals surface area contributed by atoms with Crippen LogP contribution in [0.15, 0.2) is 41.3 Å². The molecule has 0 radical (unpaired) electrons. The zero-order chi connectivity index (χ0) is 19.6. The van der Waals surface area contributed by atoms with Gasteiger partial charge < -0.3 is 14.5 Å². The standard InChI is InChI=1S/C20H17ClFNO4/c1-3-27-20(25)14-10-23-16-9-17(26-2)12(8-13(16)19(14)24)7-11-5-4-6-15(21)18(11)22/h4-6,8-10H,3,7H2,1-2H3,(H,23,24). The van der Waals surface area contributed by atoms with Crippen LogP contribution < -0.4 is 10.2 Å². The summed E-state index contributed by atoms with van der Waals surface area (Å²) in [5.41, 5.74) is 0.920. The maximum absolute atomic E-state index is 14.3. The van der Waals surface area contributed by atoms with E-state index in [1.54, 1.807) is 31.2 Å². The molecule has 0 spiro atoms. The highest BCUT2D eigenvalue weighted by Gasteiger charge is 2.17. The van der Waals surface area contributed by atoms with E-state index in [0.29, 0.717) is 27.8 Å².